The van der Waals surface area contributed by atoms with Gasteiger partial charge in [-0.25, -0.2) is 4.68 Å². The van der Waals surface area contributed by atoms with Crippen LogP contribution >= 0.6 is 23.2 Å². The molecule has 0 fully saturated rings. The topological polar surface area (TPSA) is 38.1 Å². The van der Waals surface area contributed by atoms with E-state index >= 15 is 0 Å². The first kappa shape index (κ1) is 11.0. The van der Waals surface area contributed by atoms with Gasteiger partial charge in [-0.1, -0.05) is 41.4 Å². The molecule has 0 spiro atoms. The minimum Gasteiger partial charge on any atom is -0.493 e. The number of hydrogen-bond donors (Lipinski definition) is 1. The van der Waals surface area contributed by atoms with Gasteiger partial charge in [0, 0.05) is 6.07 Å². The van der Waals surface area contributed by atoms with Crippen LogP contribution in [-0.2, 0) is 0 Å². The first-order valence-corrected chi connectivity index (χ1v) is 5.29. The molecule has 0 saturated carbocycles. The molecule has 0 aliphatic rings. The highest BCUT2D eigenvalue weighted by atomic mass is 35.5. The van der Waals surface area contributed by atoms with Gasteiger partial charge < -0.3 is 5.11 Å². The van der Waals surface area contributed by atoms with Gasteiger partial charge in [-0.05, 0) is 18.2 Å². The number of aromatic hydroxyl groups is 1. The highest BCUT2D eigenvalue weighted by Gasteiger charge is 2.06. The Hall–Kier alpha value is -1.45. The van der Waals surface area contributed by atoms with Gasteiger partial charge in [0.15, 0.2) is 0 Å². The summed E-state index contributed by atoms with van der Waals surface area (Å²) in [5, 5.41) is 13.8. The number of nitrogens with zero attached hydrogens (tertiary/aromatic N) is 2. The van der Waals surface area contributed by atoms with E-state index in [4.69, 9.17) is 23.2 Å². The van der Waals surface area contributed by atoms with Crippen LogP contribution in [-0.4, -0.2) is 14.9 Å². The summed E-state index contributed by atoms with van der Waals surface area (Å²) in [6, 6.07) is 10.8. The number of para-hydroxylation sites is 1. The fourth-order valence-corrected chi connectivity index (χ4v) is 1.55. The molecule has 0 radical (unpaired) electrons. The normalized spacial score (nSPS) is 10.1. The summed E-state index contributed by atoms with van der Waals surface area (Å²) in [6.07, 6.45) is 1.46. The van der Waals surface area contributed by atoms with Crippen LogP contribution in [0.25, 0.3) is 11.8 Å². The van der Waals surface area contributed by atoms with E-state index in [1.165, 1.54) is 16.8 Å². The average molecular weight is 255 g/mol. The van der Waals surface area contributed by atoms with Crippen molar-refractivity contribution in [1.29, 1.82) is 0 Å². The van der Waals surface area contributed by atoms with Crippen molar-refractivity contribution >= 4 is 29.3 Å². The van der Waals surface area contributed by atoms with Crippen LogP contribution in [0.1, 0.15) is 5.69 Å². The van der Waals surface area contributed by atoms with Crippen molar-refractivity contribution in [2.24, 2.45) is 0 Å². The molecule has 1 N–H and O–H groups in total. The molecule has 0 unspecified atom stereocenters. The molecule has 0 aliphatic heterocycles. The number of benzene rings is 1. The van der Waals surface area contributed by atoms with Crippen molar-refractivity contribution in [2.45, 2.75) is 0 Å². The maximum Gasteiger partial charge on any atom is 0.214 e. The van der Waals surface area contributed by atoms with E-state index in [1.807, 2.05) is 30.3 Å². The van der Waals surface area contributed by atoms with Crippen LogP contribution < -0.4 is 0 Å². The van der Waals surface area contributed by atoms with Crippen molar-refractivity contribution in [3.05, 3.63) is 46.6 Å². The van der Waals surface area contributed by atoms with Crippen LogP contribution in [0.4, 0.5) is 0 Å². The molecule has 0 bridgehead atoms. The minimum absolute atomic E-state index is 0.0343. The molecule has 1 heterocycles. The van der Waals surface area contributed by atoms with Gasteiger partial charge >= 0.3 is 0 Å². The first-order valence-electron chi connectivity index (χ1n) is 4.54. The first-order chi connectivity index (χ1) is 7.66. The number of aromatic nitrogens is 2. The van der Waals surface area contributed by atoms with Crippen LogP contribution in [0.5, 0.6) is 5.88 Å². The Morgan fingerprint density at radius 2 is 1.94 bits per heavy atom. The van der Waals surface area contributed by atoms with Crippen LogP contribution in [0.15, 0.2) is 40.9 Å². The predicted molar refractivity (Wildman–Crippen MR) is 64.9 cm³/mol. The predicted octanol–water partition coefficient (Wildman–Crippen LogP) is 3.35. The van der Waals surface area contributed by atoms with Gasteiger partial charge in [0.05, 0.1) is 11.4 Å². The molecule has 0 amide bonds. The second-order valence-corrected chi connectivity index (χ2v) is 4.12. The number of rotatable bonds is 2. The van der Waals surface area contributed by atoms with Crippen molar-refractivity contribution in [3.63, 3.8) is 0 Å². The molecule has 2 rings (SSSR count). The third-order valence-corrected chi connectivity index (χ3v) is 2.19. The zero-order valence-electron chi connectivity index (χ0n) is 8.14. The van der Waals surface area contributed by atoms with Crippen LogP contribution in [0.3, 0.4) is 0 Å². The van der Waals surface area contributed by atoms with E-state index in [9.17, 15) is 5.11 Å². The lowest BCUT2D eigenvalue weighted by molar-refractivity contribution is 0.433. The molecule has 0 atom stereocenters. The molecule has 3 nitrogen and oxygen atoms in total. The third-order valence-electron chi connectivity index (χ3n) is 1.97. The Kier molecular flexibility index (Phi) is 3.17. The third kappa shape index (κ3) is 2.38. The highest BCUT2D eigenvalue weighted by molar-refractivity contribution is 6.57. The molecule has 1 aromatic carbocycles. The largest absolute Gasteiger partial charge is 0.493 e. The Labute approximate surface area is 103 Å². The Bertz CT molecular complexity index is 516. The number of hydrogen-bond acceptors (Lipinski definition) is 2. The zero-order valence-corrected chi connectivity index (χ0v) is 9.65. The Morgan fingerprint density at radius 1 is 1.25 bits per heavy atom. The van der Waals surface area contributed by atoms with E-state index in [0.717, 1.165) is 5.69 Å². The van der Waals surface area contributed by atoms with Gasteiger partial charge in [0.25, 0.3) is 0 Å². The van der Waals surface area contributed by atoms with Crippen molar-refractivity contribution in [3.8, 4) is 11.6 Å². The van der Waals surface area contributed by atoms with Gasteiger partial charge in [-0.3, -0.25) is 0 Å². The van der Waals surface area contributed by atoms with Gasteiger partial charge in [-0.2, -0.15) is 5.10 Å². The van der Waals surface area contributed by atoms with Crippen molar-refractivity contribution in [1.82, 2.24) is 9.78 Å². The van der Waals surface area contributed by atoms with Crippen molar-refractivity contribution < 1.29 is 5.11 Å². The fraction of sp³-hybridized carbons (Fsp3) is 0. The molecule has 82 valence electrons. The van der Waals surface area contributed by atoms with Gasteiger partial charge in [0.2, 0.25) is 5.88 Å². The fourth-order valence-electron chi connectivity index (χ4n) is 1.33. The zero-order chi connectivity index (χ0) is 11.5. The maximum absolute atomic E-state index is 9.68. The molecular weight excluding hydrogens is 247 g/mol. The molecular formula is C11H8Cl2N2O. The number of halogens is 2. The summed E-state index contributed by atoms with van der Waals surface area (Å²) in [6.45, 7) is 0. The SMILES string of the molecule is Oc1cc(C=C(Cl)Cl)nn1-c1ccccc1. The van der Waals surface area contributed by atoms with E-state index in [2.05, 4.69) is 5.10 Å². The van der Waals surface area contributed by atoms with E-state index in [0.29, 0.717) is 5.69 Å². The summed E-state index contributed by atoms with van der Waals surface area (Å²) < 4.78 is 1.50. The monoisotopic (exact) mass is 254 g/mol. The molecule has 5 heteroatoms. The molecule has 0 saturated heterocycles. The summed E-state index contributed by atoms with van der Waals surface area (Å²) >= 11 is 11.0. The maximum atomic E-state index is 9.68. The molecule has 16 heavy (non-hydrogen) atoms. The lowest BCUT2D eigenvalue weighted by Crippen LogP contribution is -1.95. The minimum atomic E-state index is 0.0343. The summed E-state index contributed by atoms with van der Waals surface area (Å²) in [5.41, 5.74) is 1.27. The summed E-state index contributed by atoms with van der Waals surface area (Å²) in [5.74, 6) is 0.0343. The Balaban J connectivity index is 2.44. The standard InChI is InChI=1S/C11H8Cl2N2O/c12-10(13)6-8-7-11(16)15(14-8)9-4-2-1-3-5-9/h1-7,16H. The van der Waals surface area contributed by atoms with E-state index in [-0.39, 0.29) is 10.4 Å². The smallest absolute Gasteiger partial charge is 0.214 e. The summed E-state index contributed by atoms with van der Waals surface area (Å²) in [4.78, 5) is 0. The van der Waals surface area contributed by atoms with E-state index in [1.54, 1.807) is 0 Å². The average Bonchev–Trinajstić information content (AvgIpc) is 2.60. The highest BCUT2D eigenvalue weighted by Crippen LogP contribution is 2.20. The molecule has 0 aliphatic carbocycles. The Morgan fingerprint density at radius 3 is 2.56 bits per heavy atom. The van der Waals surface area contributed by atoms with E-state index < -0.39 is 0 Å². The molecule has 2 aromatic rings. The second-order valence-electron chi connectivity index (χ2n) is 3.11. The summed E-state index contributed by atoms with van der Waals surface area (Å²) in [7, 11) is 0. The van der Waals surface area contributed by atoms with Crippen LogP contribution in [0, 0.1) is 0 Å². The van der Waals surface area contributed by atoms with Gasteiger partial charge in [-0.15, -0.1) is 0 Å². The van der Waals surface area contributed by atoms with Crippen LogP contribution in [0.2, 0.25) is 0 Å². The quantitative estimate of drug-likeness (QED) is 0.893. The lowest BCUT2D eigenvalue weighted by atomic mass is 10.3. The lowest BCUT2D eigenvalue weighted by Gasteiger charge is -2.00. The van der Waals surface area contributed by atoms with Gasteiger partial charge in [0.1, 0.15) is 4.49 Å². The van der Waals surface area contributed by atoms with Crippen molar-refractivity contribution in [2.75, 3.05) is 0 Å². The second kappa shape index (κ2) is 4.60. The molecule has 1 aromatic heterocycles.